The maximum absolute atomic E-state index is 13.4. The summed E-state index contributed by atoms with van der Waals surface area (Å²) in [6, 6.07) is 8.61. The van der Waals surface area contributed by atoms with Crippen molar-refractivity contribution >= 4 is 31.7 Å². The minimum Gasteiger partial charge on any atom is -0.465 e. The number of methoxy groups -OCH3 is 1. The summed E-state index contributed by atoms with van der Waals surface area (Å²) < 4.78 is 68.1. The van der Waals surface area contributed by atoms with Gasteiger partial charge in [-0.15, -0.1) is 0 Å². The Bertz CT molecular complexity index is 1180. The van der Waals surface area contributed by atoms with Crippen LogP contribution >= 0.6 is 0 Å². The van der Waals surface area contributed by atoms with Crippen LogP contribution in [0.2, 0.25) is 0 Å². The maximum atomic E-state index is 13.4. The van der Waals surface area contributed by atoms with E-state index in [9.17, 15) is 26.0 Å². The average Bonchev–Trinajstić information content (AvgIpc) is 2.72. The van der Waals surface area contributed by atoms with Crippen LogP contribution in [0.3, 0.4) is 0 Å². The van der Waals surface area contributed by atoms with Crippen LogP contribution in [0.1, 0.15) is 10.4 Å². The highest BCUT2D eigenvalue weighted by molar-refractivity contribution is 7.89. The number of piperazine rings is 1. The molecule has 2 N–H and O–H groups in total. The number of hydrogen-bond acceptors (Lipinski definition) is 7. The number of sulfonamides is 2. The predicted octanol–water partition coefficient (Wildman–Crippen LogP) is 0.771. The lowest BCUT2D eigenvalue weighted by atomic mass is 10.1. The van der Waals surface area contributed by atoms with Crippen LogP contribution in [0, 0.1) is 5.82 Å². The summed E-state index contributed by atoms with van der Waals surface area (Å²) in [6.45, 7) is 0.646. The van der Waals surface area contributed by atoms with Gasteiger partial charge in [-0.3, -0.25) is 0 Å². The number of primary sulfonamides is 1. The van der Waals surface area contributed by atoms with E-state index in [4.69, 9.17) is 9.88 Å². The molecule has 3 rings (SSSR count). The van der Waals surface area contributed by atoms with Gasteiger partial charge in [0.1, 0.15) is 5.82 Å². The molecule has 0 saturated carbocycles. The Labute approximate surface area is 173 Å². The number of nitrogens with two attached hydrogens (primary N) is 1. The summed E-state index contributed by atoms with van der Waals surface area (Å²) in [7, 11) is -6.72. The van der Waals surface area contributed by atoms with E-state index in [0.29, 0.717) is 5.69 Å². The third-order valence-corrected chi connectivity index (χ3v) is 7.52. The highest BCUT2D eigenvalue weighted by Gasteiger charge is 2.30. The van der Waals surface area contributed by atoms with E-state index in [-0.39, 0.29) is 41.5 Å². The van der Waals surface area contributed by atoms with Crippen LogP contribution in [0.15, 0.2) is 52.3 Å². The van der Waals surface area contributed by atoms with Gasteiger partial charge in [-0.2, -0.15) is 4.31 Å². The Morgan fingerprint density at radius 3 is 2.23 bits per heavy atom. The Kier molecular flexibility index (Phi) is 6.13. The average molecular weight is 458 g/mol. The number of benzene rings is 2. The number of carbonyl (C=O) groups is 1. The minimum absolute atomic E-state index is 0.00506. The van der Waals surface area contributed by atoms with E-state index in [1.54, 1.807) is 4.90 Å². The Morgan fingerprint density at radius 1 is 1.00 bits per heavy atom. The monoisotopic (exact) mass is 457 g/mol. The first kappa shape index (κ1) is 22.2. The molecule has 0 bridgehead atoms. The lowest BCUT2D eigenvalue weighted by Gasteiger charge is -2.36. The van der Waals surface area contributed by atoms with Crippen LogP contribution in [0.4, 0.5) is 10.1 Å². The minimum atomic E-state index is -4.02. The predicted molar refractivity (Wildman–Crippen MR) is 107 cm³/mol. The third kappa shape index (κ3) is 4.46. The van der Waals surface area contributed by atoms with Crippen molar-refractivity contribution in [3.05, 3.63) is 53.8 Å². The molecular weight excluding hydrogens is 437 g/mol. The highest BCUT2D eigenvalue weighted by atomic mass is 32.2. The number of hydrogen-bond donors (Lipinski definition) is 1. The zero-order chi connectivity index (χ0) is 22.1. The van der Waals surface area contributed by atoms with E-state index in [1.165, 1.54) is 35.7 Å². The topological polar surface area (TPSA) is 127 Å². The van der Waals surface area contributed by atoms with Crippen LogP contribution in [-0.4, -0.2) is 60.4 Å². The van der Waals surface area contributed by atoms with E-state index in [2.05, 4.69) is 0 Å². The molecule has 0 atom stereocenters. The van der Waals surface area contributed by atoms with Gasteiger partial charge in [-0.25, -0.2) is 31.2 Å². The second kappa shape index (κ2) is 8.30. The molecule has 1 aliphatic heterocycles. The molecular formula is C18H20FN3O6S2. The van der Waals surface area contributed by atoms with E-state index in [1.807, 2.05) is 0 Å². The second-order valence-corrected chi connectivity index (χ2v) is 10.1. The van der Waals surface area contributed by atoms with Gasteiger partial charge in [-0.05, 0) is 36.4 Å². The molecule has 0 aromatic heterocycles. The molecule has 9 nitrogen and oxygen atoms in total. The summed E-state index contributed by atoms with van der Waals surface area (Å²) in [4.78, 5) is 13.5. The number of halogens is 1. The molecule has 1 saturated heterocycles. The molecule has 0 spiro atoms. The van der Waals surface area contributed by atoms with Crippen molar-refractivity contribution < 1.29 is 30.8 Å². The van der Waals surface area contributed by atoms with Gasteiger partial charge in [0.05, 0.1) is 28.2 Å². The Hall–Kier alpha value is -2.54. The Morgan fingerprint density at radius 2 is 1.67 bits per heavy atom. The zero-order valence-electron chi connectivity index (χ0n) is 16.0. The van der Waals surface area contributed by atoms with Crippen molar-refractivity contribution in [2.45, 2.75) is 9.79 Å². The maximum Gasteiger partial charge on any atom is 0.340 e. The summed E-state index contributed by atoms with van der Waals surface area (Å²) >= 11 is 0. The molecule has 2 aromatic carbocycles. The molecule has 0 radical (unpaired) electrons. The quantitative estimate of drug-likeness (QED) is 0.657. The lowest BCUT2D eigenvalue weighted by molar-refractivity contribution is 0.0601. The molecule has 30 heavy (non-hydrogen) atoms. The van der Waals surface area contributed by atoms with Crippen LogP contribution in [-0.2, 0) is 24.8 Å². The second-order valence-electron chi connectivity index (χ2n) is 6.56. The number of anilines is 1. The molecule has 12 heteroatoms. The molecule has 162 valence electrons. The number of ether oxygens (including phenoxy) is 1. The number of rotatable bonds is 5. The van der Waals surface area contributed by atoms with Crippen molar-refractivity contribution in [2.24, 2.45) is 5.14 Å². The fourth-order valence-electron chi connectivity index (χ4n) is 3.19. The zero-order valence-corrected chi connectivity index (χ0v) is 17.6. The van der Waals surface area contributed by atoms with E-state index < -0.39 is 31.8 Å². The van der Waals surface area contributed by atoms with Gasteiger partial charge in [0.25, 0.3) is 0 Å². The van der Waals surface area contributed by atoms with Crippen molar-refractivity contribution in [3.63, 3.8) is 0 Å². The van der Waals surface area contributed by atoms with Gasteiger partial charge in [0.2, 0.25) is 20.0 Å². The van der Waals surface area contributed by atoms with Crippen LogP contribution in [0.25, 0.3) is 0 Å². The molecule has 0 unspecified atom stereocenters. The molecule has 1 fully saturated rings. The molecule has 2 aromatic rings. The first-order chi connectivity index (χ1) is 14.0. The number of esters is 1. The smallest absolute Gasteiger partial charge is 0.340 e. The first-order valence-electron chi connectivity index (χ1n) is 8.80. The fourth-order valence-corrected chi connectivity index (χ4v) is 5.18. The standard InChI is InChI=1S/C18H20FN3O6S2/c1-28-18(23)16-12-14(29(20,24)25)5-6-17(16)21-7-9-22(10-8-21)30(26,27)15-4-2-3-13(19)11-15/h2-6,11-12H,7-10H2,1H3,(H2,20,24,25). The first-order valence-corrected chi connectivity index (χ1v) is 11.8. The van der Waals surface area contributed by atoms with Crippen molar-refractivity contribution in [1.29, 1.82) is 0 Å². The van der Waals surface area contributed by atoms with Crippen molar-refractivity contribution in [1.82, 2.24) is 4.31 Å². The van der Waals surface area contributed by atoms with Gasteiger partial charge >= 0.3 is 5.97 Å². The van der Waals surface area contributed by atoms with Crippen molar-refractivity contribution in [3.8, 4) is 0 Å². The van der Waals surface area contributed by atoms with Gasteiger partial charge < -0.3 is 9.64 Å². The highest BCUT2D eigenvalue weighted by Crippen LogP contribution is 2.27. The van der Waals surface area contributed by atoms with Gasteiger partial charge in [-0.1, -0.05) is 6.07 Å². The normalized spacial score (nSPS) is 15.8. The fraction of sp³-hybridized carbons (Fsp3) is 0.278. The van der Waals surface area contributed by atoms with E-state index in [0.717, 1.165) is 18.2 Å². The SMILES string of the molecule is COC(=O)c1cc(S(N)(=O)=O)ccc1N1CCN(S(=O)(=O)c2cccc(F)c2)CC1. The summed E-state index contributed by atoms with van der Waals surface area (Å²) in [6.07, 6.45) is 0. The molecule has 0 aliphatic carbocycles. The molecule has 0 amide bonds. The summed E-state index contributed by atoms with van der Waals surface area (Å²) in [5.74, 6) is -1.39. The van der Waals surface area contributed by atoms with Crippen molar-refractivity contribution in [2.75, 3.05) is 38.2 Å². The summed E-state index contributed by atoms with van der Waals surface area (Å²) in [5, 5.41) is 5.13. The molecule has 1 heterocycles. The largest absolute Gasteiger partial charge is 0.465 e. The molecule has 1 aliphatic rings. The lowest BCUT2D eigenvalue weighted by Crippen LogP contribution is -2.49. The van der Waals surface area contributed by atoms with Crippen LogP contribution < -0.4 is 10.0 Å². The van der Waals surface area contributed by atoms with E-state index >= 15 is 0 Å². The van der Waals surface area contributed by atoms with Crippen LogP contribution in [0.5, 0.6) is 0 Å². The number of nitrogens with zero attached hydrogens (tertiary/aromatic N) is 2. The van der Waals surface area contributed by atoms with Gasteiger partial charge in [0.15, 0.2) is 0 Å². The third-order valence-electron chi connectivity index (χ3n) is 4.72. The summed E-state index contributed by atoms with van der Waals surface area (Å²) in [5.41, 5.74) is 0.405. The Balaban J connectivity index is 1.85. The van der Waals surface area contributed by atoms with Gasteiger partial charge in [0, 0.05) is 26.2 Å². The number of carbonyl (C=O) groups excluding carboxylic acids is 1.